The molecule has 0 radical (unpaired) electrons. The van der Waals surface area contributed by atoms with E-state index in [0.29, 0.717) is 0 Å². The monoisotopic (exact) mass is 328 g/mol. The summed E-state index contributed by atoms with van der Waals surface area (Å²) in [5.41, 5.74) is 0.0346. The number of hydrogen-bond acceptors (Lipinski definition) is 4. The van der Waals surface area contributed by atoms with Crippen LogP contribution in [0.25, 0.3) is 0 Å². The van der Waals surface area contributed by atoms with Gasteiger partial charge in [-0.15, -0.1) is 0 Å². The molecule has 2 rings (SSSR count). The summed E-state index contributed by atoms with van der Waals surface area (Å²) in [7, 11) is -3.51. The highest BCUT2D eigenvalue weighted by molar-refractivity contribution is 7.90. The van der Waals surface area contributed by atoms with Crippen molar-refractivity contribution in [2.24, 2.45) is 5.92 Å². The standard InChI is InChI=1S/C14H14F2N2O3S/c1-9(8-18-6-5-17-14(18)22(2,20)21)13(19)10-3-4-11(15)12(16)7-10/h3-7,9H,8H2,1-2H3. The predicted molar refractivity (Wildman–Crippen MR) is 75.2 cm³/mol. The molecule has 8 heteroatoms. The summed E-state index contributed by atoms with van der Waals surface area (Å²) in [5.74, 6) is -3.16. The largest absolute Gasteiger partial charge is 0.321 e. The molecule has 0 N–H and O–H groups in total. The third-order valence-corrected chi connectivity index (χ3v) is 4.13. The predicted octanol–water partition coefficient (Wildman–Crippen LogP) is 2.08. The average Bonchev–Trinajstić information content (AvgIpc) is 2.89. The van der Waals surface area contributed by atoms with Gasteiger partial charge in [-0.1, -0.05) is 6.92 Å². The Morgan fingerprint density at radius 3 is 2.59 bits per heavy atom. The van der Waals surface area contributed by atoms with Gasteiger partial charge in [-0.05, 0) is 18.2 Å². The van der Waals surface area contributed by atoms with E-state index in [-0.39, 0.29) is 17.3 Å². The summed E-state index contributed by atoms with van der Waals surface area (Å²) in [6, 6.07) is 2.91. The number of aromatic nitrogens is 2. The molecule has 0 aliphatic carbocycles. The van der Waals surface area contributed by atoms with Crippen LogP contribution in [0, 0.1) is 17.6 Å². The van der Waals surface area contributed by atoms with Crippen molar-refractivity contribution in [3.63, 3.8) is 0 Å². The molecule has 1 atom stereocenters. The van der Waals surface area contributed by atoms with Gasteiger partial charge in [-0.2, -0.15) is 0 Å². The lowest BCUT2D eigenvalue weighted by Gasteiger charge is -2.13. The van der Waals surface area contributed by atoms with E-state index in [4.69, 9.17) is 0 Å². The van der Waals surface area contributed by atoms with Gasteiger partial charge in [0.05, 0.1) is 0 Å². The molecule has 0 bridgehead atoms. The molecular formula is C14H14F2N2O3S. The van der Waals surface area contributed by atoms with Crippen LogP contribution in [-0.4, -0.2) is 30.0 Å². The molecule has 0 saturated carbocycles. The summed E-state index contributed by atoms with van der Waals surface area (Å²) < 4.78 is 50.5. The lowest BCUT2D eigenvalue weighted by Crippen LogP contribution is -2.20. The summed E-state index contributed by atoms with van der Waals surface area (Å²) in [6.07, 6.45) is 3.80. The molecule has 1 aromatic heterocycles. The number of ketones is 1. The van der Waals surface area contributed by atoms with Crippen LogP contribution in [0.4, 0.5) is 8.78 Å². The molecule has 118 valence electrons. The number of halogens is 2. The van der Waals surface area contributed by atoms with E-state index in [2.05, 4.69) is 4.98 Å². The van der Waals surface area contributed by atoms with Gasteiger partial charge in [0.2, 0.25) is 15.0 Å². The summed E-state index contributed by atoms with van der Waals surface area (Å²) in [6.45, 7) is 1.65. The van der Waals surface area contributed by atoms with Crippen molar-refractivity contribution in [1.29, 1.82) is 0 Å². The topological polar surface area (TPSA) is 69.0 Å². The second kappa shape index (κ2) is 5.96. The number of imidazole rings is 1. The maximum absolute atomic E-state index is 13.2. The highest BCUT2D eigenvalue weighted by atomic mass is 32.2. The molecule has 0 aliphatic heterocycles. The van der Waals surface area contributed by atoms with E-state index < -0.39 is 33.2 Å². The summed E-state index contributed by atoms with van der Waals surface area (Å²) >= 11 is 0. The second-order valence-electron chi connectivity index (χ2n) is 5.03. The molecule has 0 spiro atoms. The van der Waals surface area contributed by atoms with Gasteiger partial charge in [-0.25, -0.2) is 22.2 Å². The van der Waals surface area contributed by atoms with Crippen molar-refractivity contribution >= 4 is 15.6 Å². The lowest BCUT2D eigenvalue weighted by molar-refractivity contribution is 0.0916. The molecule has 0 amide bonds. The van der Waals surface area contributed by atoms with Crippen LogP contribution in [0.3, 0.4) is 0 Å². The Labute approximate surface area is 126 Å². The zero-order valence-electron chi connectivity index (χ0n) is 12.0. The lowest BCUT2D eigenvalue weighted by atomic mass is 9.99. The molecule has 0 aliphatic rings. The zero-order valence-corrected chi connectivity index (χ0v) is 12.8. The van der Waals surface area contributed by atoms with Gasteiger partial charge >= 0.3 is 0 Å². The molecule has 22 heavy (non-hydrogen) atoms. The minimum Gasteiger partial charge on any atom is -0.321 e. The molecule has 1 aromatic carbocycles. The van der Waals surface area contributed by atoms with Crippen molar-refractivity contribution < 1.29 is 22.0 Å². The Morgan fingerprint density at radius 2 is 2.00 bits per heavy atom. The first kappa shape index (κ1) is 16.3. The van der Waals surface area contributed by atoms with Crippen LogP contribution in [0.2, 0.25) is 0 Å². The number of nitrogens with zero attached hydrogens (tertiary/aromatic N) is 2. The zero-order chi connectivity index (χ0) is 16.5. The van der Waals surface area contributed by atoms with Crippen LogP contribution in [0.5, 0.6) is 0 Å². The number of carbonyl (C=O) groups excluding carboxylic acids is 1. The van der Waals surface area contributed by atoms with Gasteiger partial charge in [0, 0.05) is 36.7 Å². The molecule has 0 saturated heterocycles. The fourth-order valence-electron chi connectivity index (χ4n) is 2.08. The Bertz CT molecular complexity index is 815. The molecule has 0 fully saturated rings. The highest BCUT2D eigenvalue weighted by Crippen LogP contribution is 2.16. The maximum Gasteiger partial charge on any atom is 0.227 e. The molecule has 2 aromatic rings. The van der Waals surface area contributed by atoms with E-state index >= 15 is 0 Å². The van der Waals surface area contributed by atoms with E-state index in [9.17, 15) is 22.0 Å². The van der Waals surface area contributed by atoms with Gasteiger partial charge in [-0.3, -0.25) is 4.79 Å². The Morgan fingerprint density at radius 1 is 1.32 bits per heavy atom. The number of rotatable bonds is 5. The normalized spacial score (nSPS) is 13.1. The third kappa shape index (κ3) is 3.38. The second-order valence-corrected chi connectivity index (χ2v) is 6.94. The van der Waals surface area contributed by atoms with Gasteiger partial charge in [0.15, 0.2) is 17.4 Å². The van der Waals surface area contributed by atoms with Crippen molar-refractivity contribution in [2.75, 3.05) is 6.26 Å². The summed E-state index contributed by atoms with van der Waals surface area (Å²) in [5, 5.41) is -0.141. The van der Waals surface area contributed by atoms with Gasteiger partial charge in [0.25, 0.3) is 0 Å². The fraction of sp³-hybridized carbons (Fsp3) is 0.286. The molecule has 1 unspecified atom stereocenters. The first-order chi connectivity index (χ1) is 10.2. The minimum absolute atomic E-state index is 0.0346. The molecule has 1 heterocycles. The smallest absolute Gasteiger partial charge is 0.227 e. The Balaban J connectivity index is 2.22. The van der Waals surface area contributed by atoms with Crippen molar-refractivity contribution in [3.05, 3.63) is 47.8 Å². The van der Waals surface area contributed by atoms with E-state index in [1.807, 2.05) is 0 Å². The van der Waals surface area contributed by atoms with Crippen LogP contribution < -0.4 is 0 Å². The highest BCUT2D eigenvalue weighted by Gasteiger charge is 2.21. The van der Waals surface area contributed by atoms with Crippen molar-refractivity contribution in [1.82, 2.24) is 9.55 Å². The number of hydrogen-bond donors (Lipinski definition) is 0. The number of benzene rings is 1. The fourth-order valence-corrected chi connectivity index (χ4v) is 2.89. The van der Waals surface area contributed by atoms with Crippen molar-refractivity contribution in [3.8, 4) is 0 Å². The van der Waals surface area contributed by atoms with Crippen molar-refractivity contribution in [2.45, 2.75) is 18.6 Å². The Hall–Kier alpha value is -2.09. The first-order valence-corrected chi connectivity index (χ1v) is 8.29. The Kier molecular flexibility index (Phi) is 4.41. The summed E-state index contributed by atoms with van der Waals surface area (Å²) in [4.78, 5) is 16.0. The number of Topliss-reactive ketones (excluding diaryl/α,β-unsaturated/α-hetero) is 1. The third-order valence-electron chi connectivity index (χ3n) is 3.13. The maximum atomic E-state index is 13.2. The van der Waals surface area contributed by atoms with E-state index in [0.717, 1.165) is 18.4 Å². The van der Waals surface area contributed by atoms with Crippen LogP contribution in [0.15, 0.2) is 35.7 Å². The minimum atomic E-state index is -3.51. The van der Waals surface area contributed by atoms with Gasteiger partial charge in [0.1, 0.15) is 0 Å². The van der Waals surface area contributed by atoms with E-state index in [1.54, 1.807) is 6.92 Å². The van der Waals surface area contributed by atoms with Gasteiger partial charge < -0.3 is 4.57 Å². The van der Waals surface area contributed by atoms with Crippen LogP contribution in [0.1, 0.15) is 17.3 Å². The van der Waals surface area contributed by atoms with E-state index in [1.165, 1.54) is 23.0 Å². The SMILES string of the molecule is CC(Cn1ccnc1S(C)(=O)=O)C(=O)c1ccc(F)c(F)c1. The first-order valence-electron chi connectivity index (χ1n) is 6.40. The average molecular weight is 328 g/mol. The molecular weight excluding hydrogens is 314 g/mol. The van der Waals surface area contributed by atoms with Crippen LogP contribution in [-0.2, 0) is 16.4 Å². The molecule has 5 nitrogen and oxygen atoms in total. The number of carbonyl (C=O) groups is 1. The van der Waals surface area contributed by atoms with Crippen LogP contribution >= 0.6 is 0 Å². The number of sulfone groups is 1. The quantitative estimate of drug-likeness (QED) is 0.788.